The number of hydrogen-bond acceptors (Lipinski definition) is 6. The predicted molar refractivity (Wildman–Crippen MR) is 125 cm³/mol. The SMILES string of the molecule is COc1ccc(C2=NC(C3CCN(C(=O)CNC(=O)C4C=C(C)C(C)CC4)CC3)ON2)cc1. The van der Waals surface area contributed by atoms with Crippen LogP contribution in [0.2, 0.25) is 0 Å². The average molecular weight is 455 g/mol. The smallest absolute Gasteiger partial charge is 0.241 e. The fourth-order valence-electron chi connectivity index (χ4n) is 4.65. The van der Waals surface area contributed by atoms with Crippen molar-refractivity contribution in [2.75, 3.05) is 26.7 Å². The number of rotatable bonds is 6. The summed E-state index contributed by atoms with van der Waals surface area (Å²) in [5.74, 6) is 2.09. The van der Waals surface area contributed by atoms with Gasteiger partial charge in [-0.2, -0.15) is 0 Å². The second-order valence-electron chi connectivity index (χ2n) is 9.25. The molecular weight excluding hydrogens is 420 g/mol. The highest BCUT2D eigenvalue weighted by Gasteiger charge is 2.32. The van der Waals surface area contributed by atoms with Gasteiger partial charge in [0.2, 0.25) is 11.8 Å². The van der Waals surface area contributed by atoms with Crippen LogP contribution >= 0.6 is 0 Å². The first-order valence-corrected chi connectivity index (χ1v) is 11.8. The van der Waals surface area contributed by atoms with Gasteiger partial charge in [-0.15, -0.1) is 0 Å². The Balaban J connectivity index is 1.23. The van der Waals surface area contributed by atoms with Crippen molar-refractivity contribution >= 4 is 17.6 Å². The van der Waals surface area contributed by atoms with Crippen LogP contribution in [0.15, 0.2) is 40.9 Å². The summed E-state index contributed by atoms with van der Waals surface area (Å²) in [5, 5.41) is 2.84. The molecule has 8 nitrogen and oxygen atoms in total. The third-order valence-corrected chi connectivity index (χ3v) is 7.09. The van der Waals surface area contributed by atoms with E-state index in [0.717, 1.165) is 37.0 Å². The van der Waals surface area contributed by atoms with Crippen LogP contribution in [-0.4, -0.2) is 55.5 Å². The van der Waals surface area contributed by atoms with Gasteiger partial charge in [0.05, 0.1) is 19.6 Å². The Hall–Kier alpha value is -2.87. The molecular formula is C25H34N4O4. The van der Waals surface area contributed by atoms with Crippen LogP contribution in [-0.2, 0) is 14.4 Å². The molecule has 0 aromatic heterocycles. The fraction of sp³-hybridized carbons (Fsp3) is 0.560. The molecule has 1 saturated heterocycles. The molecule has 2 heterocycles. The molecule has 2 amide bonds. The number of nitrogens with zero attached hydrogens (tertiary/aromatic N) is 2. The summed E-state index contributed by atoms with van der Waals surface area (Å²) in [7, 11) is 1.64. The first-order valence-electron chi connectivity index (χ1n) is 11.8. The molecule has 1 fully saturated rings. The Morgan fingerprint density at radius 1 is 1.18 bits per heavy atom. The van der Waals surface area contributed by atoms with Crippen molar-refractivity contribution in [3.05, 3.63) is 41.5 Å². The largest absolute Gasteiger partial charge is 0.497 e. The van der Waals surface area contributed by atoms with Crippen LogP contribution in [0.4, 0.5) is 0 Å². The first-order chi connectivity index (χ1) is 15.9. The molecule has 2 N–H and O–H groups in total. The zero-order chi connectivity index (χ0) is 23.4. The second kappa shape index (κ2) is 10.4. The van der Waals surface area contributed by atoms with Crippen molar-refractivity contribution in [2.24, 2.45) is 22.7 Å². The molecule has 0 bridgehead atoms. The summed E-state index contributed by atoms with van der Waals surface area (Å²) in [5.41, 5.74) is 5.14. The van der Waals surface area contributed by atoms with E-state index in [1.165, 1.54) is 5.57 Å². The Morgan fingerprint density at radius 2 is 1.91 bits per heavy atom. The summed E-state index contributed by atoms with van der Waals surface area (Å²) in [6, 6.07) is 7.66. The van der Waals surface area contributed by atoms with E-state index in [0.29, 0.717) is 24.8 Å². The van der Waals surface area contributed by atoms with Crippen molar-refractivity contribution in [3.63, 3.8) is 0 Å². The third kappa shape index (κ3) is 5.55. The van der Waals surface area contributed by atoms with Crippen LogP contribution in [0, 0.1) is 17.8 Å². The lowest BCUT2D eigenvalue weighted by Crippen LogP contribution is -2.46. The molecule has 1 aromatic carbocycles. The molecule has 0 radical (unpaired) electrons. The molecule has 3 aliphatic rings. The highest BCUT2D eigenvalue weighted by atomic mass is 16.7. The molecule has 3 atom stereocenters. The number of allylic oxidation sites excluding steroid dienone is 1. The van der Waals surface area contributed by atoms with Gasteiger partial charge >= 0.3 is 0 Å². The zero-order valence-electron chi connectivity index (χ0n) is 19.7. The zero-order valence-corrected chi connectivity index (χ0v) is 19.7. The number of amidine groups is 1. The van der Waals surface area contributed by atoms with Gasteiger partial charge in [-0.05, 0) is 62.8 Å². The quantitative estimate of drug-likeness (QED) is 0.645. The summed E-state index contributed by atoms with van der Waals surface area (Å²) >= 11 is 0. The molecule has 8 heteroatoms. The normalized spacial score (nSPS) is 25.7. The fourth-order valence-corrected chi connectivity index (χ4v) is 4.65. The number of ether oxygens (including phenoxy) is 1. The number of aliphatic imine (C=N–C) groups is 1. The van der Waals surface area contributed by atoms with E-state index in [1.807, 2.05) is 29.2 Å². The highest BCUT2D eigenvalue weighted by molar-refractivity contribution is 5.98. The minimum atomic E-state index is -0.261. The molecule has 2 aliphatic heterocycles. The number of methoxy groups -OCH3 is 1. The summed E-state index contributed by atoms with van der Waals surface area (Å²) in [6.07, 6.45) is 5.28. The number of nitrogens with one attached hydrogen (secondary N) is 2. The van der Waals surface area contributed by atoms with E-state index in [4.69, 9.17) is 14.6 Å². The number of hydroxylamine groups is 1. The molecule has 0 saturated carbocycles. The Morgan fingerprint density at radius 3 is 2.58 bits per heavy atom. The minimum Gasteiger partial charge on any atom is -0.497 e. The van der Waals surface area contributed by atoms with Gasteiger partial charge in [0.1, 0.15) is 5.75 Å². The van der Waals surface area contributed by atoms with Gasteiger partial charge in [-0.25, -0.2) is 15.3 Å². The third-order valence-electron chi connectivity index (χ3n) is 7.09. The molecule has 1 aromatic rings. The maximum Gasteiger partial charge on any atom is 0.241 e. The monoisotopic (exact) mass is 454 g/mol. The first kappa shape index (κ1) is 23.3. The van der Waals surface area contributed by atoms with Crippen molar-refractivity contribution in [2.45, 2.75) is 45.8 Å². The van der Waals surface area contributed by atoms with Gasteiger partial charge in [0.15, 0.2) is 12.1 Å². The maximum atomic E-state index is 12.6. The predicted octanol–water partition coefficient (Wildman–Crippen LogP) is 2.65. The van der Waals surface area contributed by atoms with E-state index in [1.54, 1.807) is 7.11 Å². The number of piperidine rings is 1. The molecule has 33 heavy (non-hydrogen) atoms. The van der Waals surface area contributed by atoms with Crippen LogP contribution in [0.25, 0.3) is 0 Å². The number of carbonyl (C=O) groups excluding carboxylic acids is 2. The van der Waals surface area contributed by atoms with Crippen LogP contribution in [0.5, 0.6) is 5.75 Å². The number of hydrogen-bond donors (Lipinski definition) is 2. The number of carbonyl (C=O) groups is 2. The van der Waals surface area contributed by atoms with Crippen molar-refractivity contribution in [1.82, 2.24) is 15.7 Å². The van der Waals surface area contributed by atoms with E-state index in [2.05, 4.69) is 30.7 Å². The lowest BCUT2D eigenvalue weighted by molar-refractivity contribution is -0.135. The number of benzene rings is 1. The van der Waals surface area contributed by atoms with Crippen molar-refractivity contribution in [1.29, 1.82) is 0 Å². The van der Waals surface area contributed by atoms with Gasteiger partial charge in [-0.1, -0.05) is 18.6 Å². The number of amides is 2. The van der Waals surface area contributed by atoms with Crippen molar-refractivity contribution in [3.8, 4) is 5.75 Å². The number of likely N-dealkylation sites (tertiary alicyclic amines) is 1. The standard InChI is InChI=1S/C25H34N4O4/c1-16-4-5-20(14-17(16)2)24(31)26-15-22(30)29-12-10-19(11-13-29)25-27-23(28-33-25)18-6-8-21(32-3)9-7-18/h6-9,14,16,19-20,25H,4-5,10-13,15H2,1-3H3,(H,26,31)(H,27,28). The Bertz CT molecular complexity index is 919. The van der Waals surface area contributed by atoms with Gasteiger partial charge < -0.3 is 15.0 Å². The Labute approximate surface area is 195 Å². The summed E-state index contributed by atoms with van der Waals surface area (Å²) in [4.78, 5) is 37.4. The maximum absolute atomic E-state index is 12.6. The topological polar surface area (TPSA) is 92.3 Å². The van der Waals surface area contributed by atoms with E-state index >= 15 is 0 Å². The molecule has 1 aliphatic carbocycles. The van der Waals surface area contributed by atoms with E-state index in [9.17, 15) is 9.59 Å². The average Bonchev–Trinajstić information content (AvgIpc) is 3.34. The summed E-state index contributed by atoms with van der Waals surface area (Å²) < 4.78 is 5.20. The minimum absolute atomic E-state index is 0.0282. The molecule has 3 unspecified atom stereocenters. The second-order valence-corrected chi connectivity index (χ2v) is 9.25. The van der Waals surface area contributed by atoms with Crippen molar-refractivity contribution < 1.29 is 19.2 Å². The molecule has 178 valence electrons. The molecule has 4 rings (SSSR count). The van der Waals surface area contributed by atoms with Gasteiger partial charge in [-0.3, -0.25) is 9.59 Å². The van der Waals surface area contributed by atoms with Crippen LogP contribution < -0.4 is 15.5 Å². The van der Waals surface area contributed by atoms with E-state index < -0.39 is 0 Å². The summed E-state index contributed by atoms with van der Waals surface area (Å²) in [6.45, 7) is 5.61. The lowest BCUT2D eigenvalue weighted by atomic mass is 9.84. The van der Waals surface area contributed by atoms with Crippen LogP contribution in [0.1, 0.15) is 45.1 Å². The molecule has 0 spiro atoms. The van der Waals surface area contributed by atoms with Crippen LogP contribution in [0.3, 0.4) is 0 Å². The van der Waals surface area contributed by atoms with Gasteiger partial charge in [0, 0.05) is 24.6 Å². The highest BCUT2D eigenvalue weighted by Crippen LogP contribution is 2.28. The Kier molecular flexibility index (Phi) is 7.33. The van der Waals surface area contributed by atoms with Gasteiger partial charge in [0.25, 0.3) is 0 Å². The van der Waals surface area contributed by atoms with E-state index in [-0.39, 0.29) is 36.4 Å². The lowest BCUT2D eigenvalue weighted by Gasteiger charge is -2.33.